The molecule has 25 heavy (non-hydrogen) atoms. The number of ether oxygens (including phenoxy) is 1. The Bertz CT molecular complexity index is 854. The molecule has 0 aliphatic carbocycles. The van der Waals surface area contributed by atoms with Crippen molar-refractivity contribution in [2.75, 3.05) is 19.0 Å². The number of carbonyl (C=O) groups is 2. The van der Waals surface area contributed by atoms with Crippen LogP contribution in [0.1, 0.15) is 20.7 Å². The minimum atomic E-state index is -1.20. The molecule has 0 spiro atoms. The van der Waals surface area contributed by atoms with Gasteiger partial charge in [0.1, 0.15) is 5.69 Å². The summed E-state index contributed by atoms with van der Waals surface area (Å²) >= 11 is 0. The number of esters is 1. The topological polar surface area (TPSA) is 98.5 Å². The van der Waals surface area contributed by atoms with E-state index in [1.165, 1.54) is 19.2 Å². The summed E-state index contributed by atoms with van der Waals surface area (Å²) in [5.74, 6) is -4.00. The fourth-order valence-corrected chi connectivity index (χ4v) is 1.99. The maximum absolute atomic E-state index is 13.1. The van der Waals surface area contributed by atoms with Gasteiger partial charge in [0.2, 0.25) is 0 Å². The van der Waals surface area contributed by atoms with Gasteiger partial charge in [0.25, 0.3) is 5.69 Å². The third-order valence-electron chi connectivity index (χ3n) is 3.28. The molecule has 0 saturated heterocycles. The molecule has 0 aromatic heterocycles. The molecule has 0 fully saturated rings. The number of halogens is 2. The van der Waals surface area contributed by atoms with Gasteiger partial charge in [-0.2, -0.15) is 0 Å². The number of nitro groups is 1. The summed E-state index contributed by atoms with van der Waals surface area (Å²) in [6.07, 6.45) is 0. The quantitative estimate of drug-likeness (QED) is 0.372. The second kappa shape index (κ2) is 7.47. The summed E-state index contributed by atoms with van der Waals surface area (Å²) in [4.78, 5) is 34.0. The van der Waals surface area contributed by atoms with E-state index in [1.807, 2.05) is 0 Å². The number of hydrogen-bond donors (Lipinski definition) is 1. The van der Waals surface area contributed by atoms with Gasteiger partial charge < -0.3 is 10.1 Å². The molecule has 0 amide bonds. The van der Waals surface area contributed by atoms with Crippen LogP contribution in [0.5, 0.6) is 0 Å². The highest BCUT2D eigenvalue weighted by atomic mass is 19.2. The van der Waals surface area contributed by atoms with Gasteiger partial charge in [-0.3, -0.25) is 14.9 Å². The molecular weight excluding hydrogens is 338 g/mol. The Hall–Kier alpha value is -3.36. The molecule has 9 heteroatoms. The van der Waals surface area contributed by atoms with Crippen LogP contribution in [0.4, 0.5) is 20.2 Å². The fourth-order valence-electron chi connectivity index (χ4n) is 1.99. The number of Topliss-reactive ketones (excluding diaryl/α,β-unsaturated/α-hetero) is 1. The van der Waals surface area contributed by atoms with Gasteiger partial charge in [0.05, 0.1) is 10.5 Å². The van der Waals surface area contributed by atoms with Crippen molar-refractivity contribution in [2.24, 2.45) is 0 Å². The van der Waals surface area contributed by atoms with Crippen LogP contribution >= 0.6 is 0 Å². The van der Waals surface area contributed by atoms with E-state index < -0.39 is 34.9 Å². The Labute approximate surface area is 140 Å². The van der Waals surface area contributed by atoms with Crippen LogP contribution in [0.3, 0.4) is 0 Å². The molecule has 0 saturated carbocycles. The summed E-state index contributed by atoms with van der Waals surface area (Å²) < 4.78 is 30.7. The molecule has 1 N–H and O–H groups in total. The number of hydrogen-bond acceptors (Lipinski definition) is 6. The monoisotopic (exact) mass is 350 g/mol. The molecule has 2 aromatic carbocycles. The Balaban J connectivity index is 2.09. The molecule has 2 rings (SSSR count). The number of anilines is 1. The van der Waals surface area contributed by atoms with Crippen LogP contribution in [0.2, 0.25) is 0 Å². The van der Waals surface area contributed by atoms with E-state index in [4.69, 9.17) is 4.74 Å². The molecule has 0 aliphatic heterocycles. The SMILES string of the molecule is CNc1ccc(C(=O)OCC(=O)c2ccc(F)c(F)c2)cc1[N+](=O)[O-]. The second-order valence-electron chi connectivity index (χ2n) is 4.87. The van der Waals surface area contributed by atoms with Gasteiger partial charge in [-0.15, -0.1) is 0 Å². The molecule has 0 radical (unpaired) electrons. The molecule has 0 aliphatic rings. The minimum Gasteiger partial charge on any atom is -0.454 e. The highest BCUT2D eigenvalue weighted by molar-refractivity contribution is 5.99. The molecule has 2 aromatic rings. The molecule has 0 bridgehead atoms. The van der Waals surface area contributed by atoms with E-state index in [2.05, 4.69) is 5.32 Å². The summed E-state index contributed by atoms with van der Waals surface area (Å²) in [6, 6.07) is 6.16. The molecule has 0 heterocycles. The van der Waals surface area contributed by atoms with Gasteiger partial charge in [0, 0.05) is 18.7 Å². The number of ketones is 1. The number of benzene rings is 2. The maximum Gasteiger partial charge on any atom is 0.338 e. The van der Waals surface area contributed by atoms with E-state index in [0.717, 1.165) is 18.2 Å². The zero-order chi connectivity index (χ0) is 18.6. The van der Waals surface area contributed by atoms with Crippen LogP contribution in [0.25, 0.3) is 0 Å². The number of rotatable bonds is 6. The third kappa shape index (κ3) is 4.14. The molecule has 7 nitrogen and oxygen atoms in total. The number of nitro benzene ring substituents is 1. The van der Waals surface area contributed by atoms with Gasteiger partial charge in [-0.05, 0) is 30.3 Å². The average Bonchev–Trinajstić information content (AvgIpc) is 2.60. The smallest absolute Gasteiger partial charge is 0.338 e. The first-order valence-corrected chi connectivity index (χ1v) is 6.95. The Morgan fingerprint density at radius 1 is 1.12 bits per heavy atom. The lowest BCUT2D eigenvalue weighted by molar-refractivity contribution is -0.384. The lowest BCUT2D eigenvalue weighted by Gasteiger charge is -2.07. The third-order valence-corrected chi connectivity index (χ3v) is 3.28. The van der Waals surface area contributed by atoms with E-state index in [-0.39, 0.29) is 22.5 Å². The van der Waals surface area contributed by atoms with Gasteiger partial charge in [0.15, 0.2) is 24.0 Å². The summed E-state index contributed by atoms with van der Waals surface area (Å²) in [5, 5.41) is 13.6. The zero-order valence-corrected chi connectivity index (χ0v) is 12.9. The molecule has 0 unspecified atom stereocenters. The Morgan fingerprint density at radius 2 is 1.80 bits per heavy atom. The normalized spacial score (nSPS) is 10.2. The lowest BCUT2D eigenvalue weighted by atomic mass is 10.1. The summed E-state index contributed by atoms with van der Waals surface area (Å²) in [5.41, 5.74) is -0.407. The van der Waals surface area contributed by atoms with Crippen molar-refractivity contribution in [1.82, 2.24) is 0 Å². The van der Waals surface area contributed by atoms with Crippen molar-refractivity contribution in [3.63, 3.8) is 0 Å². The molecule has 0 atom stereocenters. The fraction of sp³-hybridized carbons (Fsp3) is 0.125. The van der Waals surface area contributed by atoms with Crippen molar-refractivity contribution in [3.05, 3.63) is 69.3 Å². The molecule has 130 valence electrons. The van der Waals surface area contributed by atoms with Crippen molar-refractivity contribution in [2.45, 2.75) is 0 Å². The summed E-state index contributed by atoms with van der Waals surface area (Å²) in [7, 11) is 1.49. The van der Waals surface area contributed by atoms with Crippen molar-refractivity contribution in [1.29, 1.82) is 0 Å². The number of nitrogens with one attached hydrogen (secondary N) is 1. The first kappa shape index (κ1) is 18.0. The van der Waals surface area contributed by atoms with Crippen LogP contribution in [-0.2, 0) is 4.74 Å². The first-order chi connectivity index (χ1) is 11.8. The van der Waals surface area contributed by atoms with Gasteiger partial charge in [-0.1, -0.05) is 0 Å². The van der Waals surface area contributed by atoms with Crippen LogP contribution in [0.15, 0.2) is 36.4 Å². The van der Waals surface area contributed by atoms with Crippen molar-refractivity contribution < 1.29 is 28.0 Å². The number of carbonyl (C=O) groups excluding carboxylic acids is 2. The predicted molar refractivity (Wildman–Crippen MR) is 83.6 cm³/mol. The van der Waals surface area contributed by atoms with Crippen LogP contribution < -0.4 is 5.32 Å². The van der Waals surface area contributed by atoms with Crippen molar-refractivity contribution in [3.8, 4) is 0 Å². The first-order valence-electron chi connectivity index (χ1n) is 6.95. The van der Waals surface area contributed by atoms with Gasteiger partial charge >= 0.3 is 5.97 Å². The van der Waals surface area contributed by atoms with Gasteiger partial charge in [-0.25, -0.2) is 13.6 Å². The van der Waals surface area contributed by atoms with Crippen LogP contribution in [-0.4, -0.2) is 30.3 Å². The average molecular weight is 350 g/mol. The van der Waals surface area contributed by atoms with E-state index >= 15 is 0 Å². The largest absolute Gasteiger partial charge is 0.454 e. The highest BCUT2D eigenvalue weighted by Crippen LogP contribution is 2.25. The minimum absolute atomic E-state index is 0.121. The predicted octanol–water partition coefficient (Wildman–Crippen LogP) is 2.95. The zero-order valence-electron chi connectivity index (χ0n) is 12.9. The van der Waals surface area contributed by atoms with Crippen molar-refractivity contribution >= 4 is 23.1 Å². The van der Waals surface area contributed by atoms with E-state index in [9.17, 15) is 28.5 Å². The van der Waals surface area contributed by atoms with E-state index in [1.54, 1.807) is 0 Å². The number of nitrogens with zero attached hydrogens (tertiary/aromatic N) is 1. The highest BCUT2D eigenvalue weighted by Gasteiger charge is 2.19. The maximum atomic E-state index is 13.1. The summed E-state index contributed by atoms with van der Waals surface area (Å²) in [6.45, 7) is -0.717. The van der Waals surface area contributed by atoms with Crippen LogP contribution in [0, 0.1) is 21.7 Å². The Kier molecular flexibility index (Phi) is 5.38. The second-order valence-corrected chi connectivity index (χ2v) is 4.87. The Morgan fingerprint density at radius 3 is 2.40 bits per heavy atom. The van der Waals surface area contributed by atoms with E-state index in [0.29, 0.717) is 6.07 Å². The standard InChI is InChI=1S/C16H12F2N2O5/c1-19-13-5-3-10(7-14(13)20(23)24)16(22)25-8-15(21)9-2-4-11(17)12(18)6-9/h2-7,19H,8H2,1H3. The molecular formula is C16H12F2N2O5. The lowest BCUT2D eigenvalue weighted by Crippen LogP contribution is -2.15.